The van der Waals surface area contributed by atoms with Gasteiger partial charge in [0.05, 0.1) is 19.6 Å². The molecule has 4 nitrogen and oxygen atoms in total. The zero-order valence-electron chi connectivity index (χ0n) is 8.89. The molecule has 0 spiro atoms. The molecule has 1 aromatic heterocycles. The molecular weight excluding hydrogens is 226 g/mol. The first kappa shape index (κ1) is 10.8. The molecule has 1 heterocycles. The van der Waals surface area contributed by atoms with E-state index in [1.165, 1.54) is 11.3 Å². The van der Waals surface area contributed by atoms with E-state index in [9.17, 15) is 0 Å². The van der Waals surface area contributed by atoms with Gasteiger partial charge in [-0.25, -0.2) is 0 Å². The monoisotopic (exact) mass is 236 g/mol. The van der Waals surface area contributed by atoms with Crippen LogP contribution in [0.4, 0.5) is 0 Å². The standard InChI is InChI=1S/C11H10NO3S/c1-13-8-4-3-5-9(14-2)11(8)15-10-6-16-7-12-10/h3-6H,1-2H3. The summed E-state index contributed by atoms with van der Waals surface area (Å²) >= 11 is 1.34. The number of ether oxygens (including phenoxy) is 3. The molecule has 0 atom stereocenters. The van der Waals surface area contributed by atoms with Crippen LogP contribution in [0.5, 0.6) is 23.1 Å². The van der Waals surface area contributed by atoms with E-state index in [-0.39, 0.29) is 0 Å². The van der Waals surface area contributed by atoms with Crippen LogP contribution < -0.4 is 14.2 Å². The Labute approximate surface area is 97.4 Å². The maximum Gasteiger partial charge on any atom is 0.231 e. The number of hydrogen-bond donors (Lipinski definition) is 0. The molecular formula is C11H10NO3S. The highest BCUT2D eigenvalue weighted by Gasteiger charge is 2.12. The molecule has 2 rings (SSSR count). The third-order valence-corrected chi connectivity index (χ3v) is 2.47. The summed E-state index contributed by atoms with van der Waals surface area (Å²) in [4.78, 5) is 3.92. The largest absolute Gasteiger partial charge is 0.493 e. The lowest BCUT2D eigenvalue weighted by Gasteiger charge is -2.11. The topological polar surface area (TPSA) is 40.6 Å². The SMILES string of the molecule is COc1cccc(OC)c1Oc1cs[c]n1. The van der Waals surface area contributed by atoms with Crippen molar-refractivity contribution in [2.45, 2.75) is 0 Å². The number of hydrogen-bond acceptors (Lipinski definition) is 5. The van der Waals surface area contributed by atoms with E-state index in [4.69, 9.17) is 14.2 Å². The second kappa shape index (κ2) is 4.85. The van der Waals surface area contributed by atoms with E-state index >= 15 is 0 Å². The minimum Gasteiger partial charge on any atom is -0.493 e. The molecule has 0 saturated carbocycles. The van der Waals surface area contributed by atoms with Gasteiger partial charge in [0, 0.05) is 0 Å². The van der Waals surface area contributed by atoms with E-state index in [2.05, 4.69) is 10.5 Å². The number of para-hydroxylation sites is 1. The second-order valence-electron chi connectivity index (χ2n) is 2.87. The maximum absolute atomic E-state index is 5.58. The molecule has 5 heteroatoms. The van der Waals surface area contributed by atoms with Gasteiger partial charge in [-0.15, -0.1) is 11.3 Å². The van der Waals surface area contributed by atoms with Crippen LogP contribution in [0.25, 0.3) is 0 Å². The Morgan fingerprint density at radius 3 is 2.38 bits per heavy atom. The highest BCUT2D eigenvalue weighted by atomic mass is 32.1. The molecule has 0 aliphatic carbocycles. The van der Waals surface area contributed by atoms with Gasteiger partial charge < -0.3 is 14.2 Å². The van der Waals surface area contributed by atoms with Crippen molar-refractivity contribution in [3.63, 3.8) is 0 Å². The average molecular weight is 236 g/mol. The fourth-order valence-corrected chi connectivity index (χ4v) is 1.64. The summed E-state index contributed by atoms with van der Waals surface area (Å²) in [5, 5.41) is 1.76. The summed E-state index contributed by atoms with van der Waals surface area (Å²) in [5.74, 6) is 2.21. The molecule has 0 unspecified atom stereocenters. The minimum absolute atomic E-state index is 0.479. The number of benzene rings is 1. The zero-order chi connectivity index (χ0) is 11.4. The fourth-order valence-electron chi connectivity index (χ4n) is 1.24. The maximum atomic E-state index is 5.58. The van der Waals surface area contributed by atoms with Crippen molar-refractivity contribution in [3.8, 4) is 23.1 Å². The third-order valence-electron chi connectivity index (χ3n) is 1.96. The van der Waals surface area contributed by atoms with E-state index in [1.807, 2.05) is 6.07 Å². The Morgan fingerprint density at radius 1 is 1.19 bits per heavy atom. The first-order chi connectivity index (χ1) is 7.85. The molecule has 83 valence electrons. The van der Waals surface area contributed by atoms with Crippen LogP contribution >= 0.6 is 11.3 Å². The molecule has 0 saturated heterocycles. The Morgan fingerprint density at radius 2 is 1.88 bits per heavy atom. The second-order valence-corrected chi connectivity index (χ2v) is 3.52. The Hall–Kier alpha value is -1.75. The summed E-state index contributed by atoms with van der Waals surface area (Å²) in [6.07, 6.45) is 0. The Balaban J connectivity index is 2.37. The molecule has 16 heavy (non-hydrogen) atoms. The fraction of sp³-hybridized carbons (Fsp3) is 0.182. The molecule has 0 aliphatic rings. The third kappa shape index (κ3) is 2.09. The molecule has 0 bridgehead atoms. The van der Waals surface area contributed by atoms with E-state index in [1.54, 1.807) is 31.7 Å². The first-order valence-electron chi connectivity index (χ1n) is 4.55. The predicted molar refractivity (Wildman–Crippen MR) is 60.6 cm³/mol. The summed E-state index contributed by atoms with van der Waals surface area (Å²) in [5.41, 5.74) is 2.71. The molecule has 0 aliphatic heterocycles. The normalized spacial score (nSPS) is 9.88. The van der Waals surface area contributed by atoms with Crippen LogP contribution in [0.3, 0.4) is 0 Å². The van der Waals surface area contributed by atoms with Crippen LogP contribution in [0.1, 0.15) is 0 Å². The van der Waals surface area contributed by atoms with Crippen molar-refractivity contribution in [2.24, 2.45) is 0 Å². The smallest absolute Gasteiger partial charge is 0.231 e. The molecule has 0 fully saturated rings. The van der Waals surface area contributed by atoms with Crippen LogP contribution in [0.15, 0.2) is 23.6 Å². The van der Waals surface area contributed by atoms with Gasteiger partial charge in [-0.2, -0.15) is 4.98 Å². The van der Waals surface area contributed by atoms with Crippen LogP contribution in [-0.2, 0) is 0 Å². The van der Waals surface area contributed by atoms with E-state index in [0.717, 1.165) is 0 Å². The summed E-state index contributed by atoms with van der Waals surface area (Å²) in [6.45, 7) is 0. The molecule has 0 N–H and O–H groups in total. The summed E-state index contributed by atoms with van der Waals surface area (Å²) in [6, 6.07) is 5.43. The van der Waals surface area contributed by atoms with Gasteiger partial charge in [-0.05, 0) is 12.1 Å². The predicted octanol–water partition coefficient (Wildman–Crippen LogP) is 2.75. The quantitative estimate of drug-likeness (QED) is 0.818. The molecule has 1 radical (unpaired) electrons. The van der Waals surface area contributed by atoms with Crippen molar-refractivity contribution >= 4 is 11.3 Å². The van der Waals surface area contributed by atoms with E-state index in [0.29, 0.717) is 23.1 Å². The Kier molecular flexibility index (Phi) is 3.26. The van der Waals surface area contributed by atoms with Crippen molar-refractivity contribution in [3.05, 3.63) is 29.1 Å². The summed E-state index contributed by atoms with van der Waals surface area (Å²) in [7, 11) is 3.16. The Bertz CT molecular complexity index is 434. The number of thiazole rings is 1. The van der Waals surface area contributed by atoms with Crippen LogP contribution in [0.2, 0.25) is 0 Å². The number of rotatable bonds is 4. The number of methoxy groups -OCH3 is 2. The first-order valence-corrected chi connectivity index (χ1v) is 5.43. The van der Waals surface area contributed by atoms with Crippen LogP contribution in [-0.4, -0.2) is 19.2 Å². The lowest BCUT2D eigenvalue weighted by molar-refractivity contribution is 0.342. The lowest BCUT2D eigenvalue weighted by atomic mass is 10.3. The van der Waals surface area contributed by atoms with Gasteiger partial charge >= 0.3 is 0 Å². The van der Waals surface area contributed by atoms with Crippen LogP contribution in [0, 0.1) is 5.51 Å². The van der Waals surface area contributed by atoms with Gasteiger partial charge in [-0.3, -0.25) is 0 Å². The van der Waals surface area contributed by atoms with Crippen molar-refractivity contribution in [2.75, 3.05) is 14.2 Å². The van der Waals surface area contributed by atoms with E-state index < -0.39 is 0 Å². The lowest BCUT2D eigenvalue weighted by Crippen LogP contribution is -1.94. The molecule has 0 amide bonds. The van der Waals surface area contributed by atoms with Crippen molar-refractivity contribution in [1.29, 1.82) is 0 Å². The van der Waals surface area contributed by atoms with Crippen molar-refractivity contribution in [1.82, 2.24) is 4.98 Å². The highest BCUT2D eigenvalue weighted by molar-refractivity contribution is 7.07. The van der Waals surface area contributed by atoms with Gasteiger partial charge in [0.25, 0.3) is 0 Å². The number of nitrogens with zero attached hydrogens (tertiary/aromatic N) is 1. The number of aromatic nitrogens is 1. The summed E-state index contributed by atoms with van der Waals surface area (Å²) < 4.78 is 16.0. The molecule has 2 aromatic rings. The average Bonchev–Trinajstić information content (AvgIpc) is 2.82. The van der Waals surface area contributed by atoms with Gasteiger partial charge in [-0.1, -0.05) is 6.07 Å². The highest BCUT2D eigenvalue weighted by Crippen LogP contribution is 2.39. The molecule has 1 aromatic carbocycles. The zero-order valence-corrected chi connectivity index (χ0v) is 9.71. The minimum atomic E-state index is 0.479. The van der Waals surface area contributed by atoms with Crippen molar-refractivity contribution < 1.29 is 14.2 Å². The van der Waals surface area contributed by atoms with Gasteiger partial charge in [0.15, 0.2) is 17.0 Å². The van der Waals surface area contributed by atoms with Gasteiger partial charge in [0.1, 0.15) is 0 Å². The van der Waals surface area contributed by atoms with Gasteiger partial charge in [0.2, 0.25) is 11.6 Å².